The number of nitrogens with zero attached hydrogens (tertiary/aromatic N) is 2. The number of aliphatic carboxylic acids is 1. The molecule has 1 fully saturated rings. The van der Waals surface area contributed by atoms with Crippen LogP contribution in [0.4, 0.5) is 4.79 Å². The van der Waals surface area contributed by atoms with Gasteiger partial charge in [-0.25, -0.2) is 4.79 Å². The molecular formula is C15H26N2O3. The smallest absolute Gasteiger partial charge is 0.320 e. The highest BCUT2D eigenvalue weighted by Gasteiger charge is 2.32. The minimum Gasteiger partial charge on any atom is -0.481 e. The number of hydrogen-bond acceptors (Lipinski definition) is 2. The normalized spacial score (nSPS) is 19.6. The summed E-state index contributed by atoms with van der Waals surface area (Å²) in [5.74, 6) is -0.723. The Balaban J connectivity index is 2.73. The predicted octanol–water partition coefficient (Wildman–Crippen LogP) is 2.58. The summed E-state index contributed by atoms with van der Waals surface area (Å²) >= 11 is 0. The van der Waals surface area contributed by atoms with Gasteiger partial charge in [-0.15, -0.1) is 6.58 Å². The van der Waals surface area contributed by atoms with Crippen LogP contribution >= 0.6 is 0 Å². The van der Waals surface area contributed by atoms with E-state index in [9.17, 15) is 9.59 Å². The van der Waals surface area contributed by atoms with Crippen LogP contribution in [0.1, 0.15) is 40.0 Å². The van der Waals surface area contributed by atoms with E-state index in [-0.39, 0.29) is 23.9 Å². The molecule has 1 saturated heterocycles. The summed E-state index contributed by atoms with van der Waals surface area (Å²) in [6, 6.07) is -0.0208. The van der Waals surface area contributed by atoms with Gasteiger partial charge in [-0.3, -0.25) is 4.79 Å². The molecule has 1 unspecified atom stereocenters. The van der Waals surface area contributed by atoms with Crippen LogP contribution < -0.4 is 0 Å². The summed E-state index contributed by atoms with van der Waals surface area (Å²) in [5, 5.41) is 8.89. The predicted molar refractivity (Wildman–Crippen MR) is 78.6 cm³/mol. The largest absolute Gasteiger partial charge is 0.481 e. The van der Waals surface area contributed by atoms with Crippen molar-refractivity contribution in [3.63, 3.8) is 0 Å². The first-order valence-corrected chi connectivity index (χ1v) is 7.15. The molecule has 114 valence electrons. The molecule has 1 N–H and O–H groups in total. The summed E-state index contributed by atoms with van der Waals surface area (Å²) in [6.45, 7) is 11.4. The van der Waals surface area contributed by atoms with Crippen molar-refractivity contribution in [1.29, 1.82) is 0 Å². The fourth-order valence-corrected chi connectivity index (χ4v) is 2.59. The zero-order chi connectivity index (χ0) is 15.3. The van der Waals surface area contributed by atoms with E-state index >= 15 is 0 Å². The second kappa shape index (κ2) is 6.77. The number of amides is 2. The van der Waals surface area contributed by atoms with Crippen molar-refractivity contribution in [2.75, 3.05) is 19.6 Å². The third kappa shape index (κ3) is 4.54. The van der Waals surface area contributed by atoms with Crippen molar-refractivity contribution in [3.05, 3.63) is 12.7 Å². The Bertz CT molecular complexity index is 374. The van der Waals surface area contributed by atoms with Crippen molar-refractivity contribution < 1.29 is 14.7 Å². The van der Waals surface area contributed by atoms with Gasteiger partial charge in [-0.05, 0) is 39.5 Å². The van der Waals surface area contributed by atoms with Crippen molar-refractivity contribution in [2.24, 2.45) is 5.92 Å². The Morgan fingerprint density at radius 1 is 1.45 bits per heavy atom. The summed E-state index contributed by atoms with van der Waals surface area (Å²) in [6.07, 6.45) is 3.62. The summed E-state index contributed by atoms with van der Waals surface area (Å²) < 4.78 is 0. The molecule has 0 aromatic rings. The third-order valence-electron chi connectivity index (χ3n) is 3.61. The van der Waals surface area contributed by atoms with Crippen LogP contribution in [0.5, 0.6) is 0 Å². The van der Waals surface area contributed by atoms with Gasteiger partial charge in [0.05, 0.1) is 0 Å². The van der Waals surface area contributed by atoms with Crippen LogP contribution in [0, 0.1) is 5.92 Å². The molecule has 0 bridgehead atoms. The molecule has 20 heavy (non-hydrogen) atoms. The van der Waals surface area contributed by atoms with Crippen LogP contribution in [-0.4, -0.2) is 52.1 Å². The molecule has 0 radical (unpaired) electrons. The van der Waals surface area contributed by atoms with Gasteiger partial charge in [0, 0.05) is 31.6 Å². The van der Waals surface area contributed by atoms with E-state index in [4.69, 9.17) is 5.11 Å². The minimum absolute atomic E-state index is 0.0208. The van der Waals surface area contributed by atoms with Crippen molar-refractivity contribution in [2.45, 2.75) is 45.6 Å². The third-order valence-corrected chi connectivity index (χ3v) is 3.61. The van der Waals surface area contributed by atoms with Gasteiger partial charge in [0.25, 0.3) is 0 Å². The van der Waals surface area contributed by atoms with E-state index in [1.165, 1.54) is 0 Å². The zero-order valence-electron chi connectivity index (χ0n) is 12.8. The van der Waals surface area contributed by atoms with Crippen LogP contribution in [0.25, 0.3) is 0 Å². The summed E-state index contributed by atoms with van der Waals surface area (Å²) in [5.41, 5.74) is -0.273. The van der Waals surface area contributed by atoms with Gasteiger partial charge in [-0.2, -0.15) is 0 Å². The van der Waals surface area contributed by atoms with E-state index in [1.54, 1.807) is 15.9 Å². The van der Waals surface area contributed by atoms with Crippen LogP contribution in [0.2, 0.25) is 0 Å². The lowest BCUT2D eigenvalue weighted by Gasteiger charge is -2.41. The molecule has 2 amide bonds. The molecule has 0 spiro atoms. The molecule has 0 saturated carbocycles. The first-order chi connectivity index (χ1) is 9.25. The fraction of sp³-hybridized carbons (Fsp3) is 0.733. The maximum atomic E-state index is 12.6. The number of likely N-dealkylation sites (tertiary alicyclic amines) is 1. The lowest BCUT2D eigenvalue weighted by Crippen LogP contribution is -2.54. The summed E-state index contributed by atoms with van der Waals surface area (Å²) in [4.78, 5) is 27.0. The molecule has 1 atom stereocenters. The van der Waals surface area contributed by atoms with Crippen LogP contribution in [-0.2, 0) is 4.79 Å². The van der Waals surface area contributed by atoms with E-state index in [2.05, 4.69) is 6.58 Å². The first-order valence-electron chi connectivity index (χ1n) is 7.15. The molecule has 1 heterocycles. The second-order valence-corrected chi connectivity index (χ2v) is 6.40. The Hall–Kier alpha value is -1.52. The SMILES string of the molecule is C=CCN(C(=O)N1CCCC(CC(=O)O)C1)C(C)(C)C. The molecule has 5 heteroatoms. The number of rotatable bonds is 4. The van der Waals surface area contributed by atoms with E-state index in [1.807, 2.05) is 20.8 Å². The zero-order valence-corrected chi connectivity index (χ0v) is 12.8. The minimum atomic E-state index is -0.789. The van der Waals surface area contributed by atoms with E-state index in [0.29, 0.717) is 19.6 Å². The van der Waals surface area contributed by atoms with Gasteiger partial charge >= 0.3 is 12.0 Å². The quantitative estimate of drug-likeness (QED) is 0.806. The highest BCUT2D eigenvalue weighted by molar-refractivity contribution is 5.75. The molecule has 0 aliphatic carbocycles. The van der Waals surface area contributed by atoms with Crippen molar-refractivity contribution in [3.8, 4) is 0 Å². The van der Waals surface area contributed by atoms with Gasteiger partial charge < -0.3 is 14.9 Å². The topological polar surface area (TPSA) is 60.9 Å². The molecule has 1 aliphatic rings. The molecule has 1 rings (SSSR count). The monoisotopic (exact) mass is 282 g/mol. The highest BCUT2D eigenvalue weighted by atomic mass is 16.4. The Morgan fingerprint density at radius 2 is 2.10 bits per heavy atom. The van der Waals surface area contributed by atoms with Gasteiger partial charge in [0.2, 0.25) is 0 Å². The molecule has 0 aromatic carbocycles. The Labute approximate surface area is 121 Å². The van der Waals surface area contributed by atoms with Gasteiger partial charge in [0.15, 0.2) is 0 Å². The Kier molecular flexibility index (Phi) is 5.60. The van der Waals surface area contributed by atoms with Crippen molar-refractivity contribution in [1.82, 2.24) is 9.80 Å². The average molecular weight is 282 g/mol. The molecule has 0 aromatic heterocycles. The lowest BCUT2D eigenvalue weighted by molar-refractivity contribution is -0.138. The maximum absolute atomic E-state index is 12.6. The van der Waals surface area contributed by atoms with Gasteiger partial charge in [-0.1, -0.05) is 6.08 Å². The second-order valence-electron chi connectivity index (χ2n) is 6.40. The van der Waals surface area contributed by atoms with Crippen molar-refractivity contribution >= 4 is 12.0 Å². The summed E-state index contributed by atoms with van der Waals surface area (Å²) in [7, 11) is 0. The number of carbonyl (C=O) groups is 2. The first kappa shape index (κ1) is 16.5. The molecule has 5 nitrogen and oxygen atoms in total. The number of carboxylic acid groups (broad SMARTS) is 1. The molecular weight excluding hydrogens is 256 g/mol. The standard InChI is InChI=1S/C15H26N2O3/c1-5-8-17(15(2,3)4)14(20)16-9-6-7-12(11-16)10-13(18)19/h5,12H,1,6-11H2,2-4H3,(H,18,19). The number of hydrogen-bond donors (Lipinski definition) is 1. The molecule has 1 aliphatic heterocycles. The van der Waals surface area contributed by atoms with Crippen LogP contribution in [0.3, 0.4) is 0 Å². The van der Waals surface area contributed by atoms with E-state index in [0.717, 1.165) is 12.8 Å². The van der Waals surface area contributed by atoms with Gasteiger partial charge in [0.1, 0.15) is 0 Å². The Morgan fingerprint density at radius 3 is 2.60 bits per heavy atom. The lowest BCUT2D eigenvalue weighted by atomic mass is 9.95. The highest BCUT2D eigenvalue weighted by Crippen LogP contribution is 2.23. The maximum Gasteiger partial charge on any atom is 0.320 e. The van der Waals surface area contributed by atoms with E-state index < -0.39 is 5.97 Å². The van der Waals surface area contributed by atoms with Crippen LogP contribution in [0.15, 0.2) is 12.7 Å². The fourth-order valence-electron chi connectivity index (χ4n) is 2.59. The number of urea groups is 1. The number of carbonyl (C=O) groups excluding carboxylic acids is 1. The average Bonchev–Trinajstić information content (AvgIpc) is 2.33. The number of piperidine rings is 1. The number of carboxylic acids is 1.